The highest BCUT2D eigenvalue weighted by Crippen LogP contribution is 2.16. The van der Waals surface area contributed by atoms with Crippen LogP contribution in [0.4, 0.5) is 10.3 Å². The van der Waals surface area contributed by atoms with Crippen LogP contribution in [-0.2, 0) is 4.79 Å². The van der Waals surface area contributed by atoms with Crippen LogP contribution in [0, 0.1) is 0 Å². The van der Waals surface area contributed by atoms with E-state index in [1.807, 2.05) is 0 Å². The number of amides is 1. The van der Waals surface area contributed by atoms with Gasteiger partial charge in [-0.2, -0.15) is 0 Å². The Hall–Kier alpha value is -1.17. The molecule has 1 heterocycles. The van der Waals surface area contributed by atoms with E-state index >= 15 is 0 Å². The van der Waals surface area contributed by atoms with E-state index in [4.69, 9.17) is 5.73 Å². The topological polar surface area (TPSA) is 80.9 Å². The van der Waals surface area contributed by atoms with Gasteiger partial charge in [0.05, 0.1) is 0 Å². The first-order chi connectivity index (χ1) is 7.72. The lowest BCUT2D eigenvalue weighted by Crippen LogP contribution is -2.10. The molecule has 0 aliphatic heterocycles. The molecule has 0 aliphatic carbocycles. The van der Waals surface area contributed by atoms with Gasteiger partial charge in [0.15, 0.2) is 0 Å². The lowest BCUT2D eigenvalue weighted by molar-refractivity contribution is -0.116. The number of carbonyl (C=O) groups excluding carboxylic acids is 1. The van der Waals surface area contributed by atoms with E-state index in [1.54, 1.807) is 0 Å². The molecule has 0 spiro atoms. The SMILES string of the molecule is CCCCCCCC(=O)Nc1nnc(N)s1. The van der Waals surface area contributed by atoms with Crippen LogP contribution in [0.25, 0.3) is 0 Å². The number of nitrogens with zero attached hydrogens (tertiary/aromatic N) is 2. The molecule has 1 amide bonds. The first-order valence-corrected chi connectivity index (χ1v) is 6.43. The van der Waals surface area contributed by atoms with E-state index in [0.717, 1.165) is 12.8 Å². The molecule has 0 saturated heterocycles. The Balaban J connectivity index is 2.11. The zero-order valence-electron chi connectivity index (χ0n) is 9.53. The van der Waals surface area contributed by atoms with E-state index < -0.39 is 0 Å². The number of nitrogen functional groups attached to an aromatic ring is 1. The van der Waals surface area contributed by atoms with Crippen molar-refractivity contribution in [2.24, 2.45) is 0 Å². The zero-order chi connectivity index (χ0) is 11.8. The predicted octanol–water partition coefficient (Wildman–Crippen LogP) is 2.42. The van der Waals surface area contributed by atoms with Crippen molar-refractivity contribution < 1.29 is 4.79 Å². The number of nitrogens with one attached hydrogen (secondary N) is 1. The average molecular weight is 242 g/mol. The number of aromatic nitrogens is 2. The fourth-order valence-electron chi connectivity index (χ4n) is 1.36. The number of unbranched alkanes of at least 4 members (excludes halogenated alkanes) is 4. The van der Waals surface area contributed by atoms with Gasteiger partial charge in [-0.05, 0) is 6.42 Å². The van der Waals surface area contributed by atoms with Crippen molar-refractivity contribution in [2.45, 2.75) is 45.4 Å². The normalized spacial score (nSPS) is 10.3. The molecule has 0 atom stereocenters. The zero-order valence-corrected chi connectivity index (χ0v) is 10.3. The van der Waals surface area contributed by atoms with Crippen LogP contribution in [0.5, 0.6) is 0 Å². The number of hydrogen-bond donors (Lipinski definition) is 2. The molecule has 0 bridgehead atoms. The van der Waals surface area contributed by atoms with Crippen LogP contribution in [0.15, 0.2) is 0 Å². The Morgan fingerprint density at radius 2 is 2.06 bits per heavy atom. The van der Waals surface area contributed by atoms with Crippen LogP contribution in [-0.4, -0.2) is 16.1 Å². The minimum absolute atomic E-state index is 0.00681. The van der Waals surface area contributed by atoms with Crippen LogP contribution in [0.1, 0.15) is 45.4 Å². The molecule has 16 heavy (non-hydrogen) atoms. The van der Waals surface area contributed by atoms with Gasteiger partial charge in [-0.25, -0.2) is 0 Å². The van der Waals surface area contributed by atoms with Gasteiger partial charge in [0.2, 0.25) is 16.2 Å². The quantitative estimate of drug-likeness (QED) is 0.719. The average Bonchev–Trinajstić information content (AvgIpc) is 2.63. The monoisotopic (exact) mass is 242 g/mol. The molecule has 6 heteroatoms. The molecule has 1 aromatic rings. The summed E-state index contributed by atoms with van der Waals surface area (Å²) in [6.45, 7) is 2.17. The molecule has 0 aliphatic rings. The molecule has 0 saturated carbocycles. The number of rotatable bonds is 7. The van der Waals surface area contributed by atoms with Crippen LogP contribution < -0.4 is 11.1 Å². The Morgan fingerprint density at radius 1 is 1.31 bits per heavy atom. The Bertz CT molecular complexity index is 326. The Kier molecular flexibility index (Phi) is 5.77. The van der Waals surface area contributed by atoms with Gasteiger partial charge in [0, 0.05) is 6.42 Å². The highest BCUT2D eigenvalue weighted by molar-refractivity contribution is 7.18. The Labute approximate surface area is 99.5 Å². The van der Waals surface area contributed by atoms with Crippen molar-refractivity contribution >= 4 is 27.5 Å². The predicted molar refractivity (Wildman–Crippen MR) is 66.3 cm³/mol. The first kappa shape index (κ1) is 12.9. The summed E-state index contributed by atoms with van der Waals surface area (Å²) < 4.78 is 0. The number of carbonyl (C=O) groups is 1. The van der Waals surface area contributed by atoms with Gasteiger partial charge < -0.3 is 11.1 Å². The molecule has 1 aromatic heterocycles. The maximum absolute atomic E-state index is 11.4. The van der Waals surface area contributed by atoms with Gasteiger partial charge in [0.1, 0.15) is 0 Å². The molecular formula is C10H18N4OS. The van der Waals surface area contributed by atoms with Gasteiger partial charge in [-0.3, -0.25) is 4.79 Å². The van der Waals surface area contributed by atoms with Crippen molar-refractivity contribution in [3.05, 3.63) is 0 Å². The van der Waals surface area contributed by atoms with Crippen molar-refractivity contribution in [3.8, 4) is 0 Å². The van der Waals surface area contributed by atoms with Crippen LogP contribution >= 0.6 is 11.3 Å². The van der Waals surface area contributed by atoms with E-state index in [9.17, 15) is 4.79 Å². The third-order valence-electron chi connectivity index (χ3n) is 2.19. The number of anilines is 2. The second-order valence-electron chi connectivity index (χ2n) is 3.66. The molecule has 5 nitrogen and oxygen atoms in total. The highest BCUT2D eigenvalue weighted by atomic mass is 32.1. The maximum Gasteiger partial charge on any atom is 0.226 e. The molecule has 1 rings (SSSR count). The van der Waals surface area contributed by atoms with E-state index in [2.05, 4.69) is 22.4 Å². The molecular weight excluding hydrogens is 224 g/mol. The maximum atomic E-state index is 11.4. The summed E-state index contributed by atoms with van der Waals surface area (Å²) in [7, 11) is 0. The fraction of sp³-hybridized carbons (Fsp3) is 0.700. The van der Waals surface area contributed by atoms with Crippen molar-refractivity contribution in [1.82, 2.24) is 10.2 Å². The summed E-state index contributed by atoms with van der Waals surface area (Å²) in [5.41, 5.74) is 5.40. The summed E-state index contributed by atoms with van der Waals surface area (Å²) in [4.78, 5) is 11.4. The van der Waals surface area contributed by atoms with E-state index in [1.165, 1.54) is 30.6 Å². The molecule has 0 aromatic carbocycles. The smallest absolute Gasteiger partial charge is 0.226 e. The third kappa shape index (κ3) is 5.06. The second-order valence-corrected chi connectivity index (χ2v) is 4.67. The van der Waals surface area contributed by atoms with Crippen molar-refractivity contribution in [3.63, 3.8) is 0 Å². The van der Waals surface area contributed by atoms with Gasteiger partial charge in [0.25, 0.3) is 0 Å². The van der Waals surface area contributed by atoms with E-state index in [0.29, 0.717) is 16.7 Å². The molecule has 3 N–H and O–H groups in total. The lowest BCUT2D eigenvalue weighted by atomic mass is 10.1. The van der Waals surface area contributed by atoms with Crippen molar-refractivity contribution in [1.29, 1.82) is 0 Å². The summed E-state index contributed by atoms with van der Waals surface area (Å²) in [5.74, 6) is -0.00681. The van der Waals surface area contributed by atoms with Gasteiger partial charge in [-0.1, -0.05) is 43.9 Å². The molecule has 90 valence electrons. The largest absolute Gasteiger partial charge is 0.374 e. The molecule has 0 radical (unpaired) electrons. The lowest BCUT2D eigenvalue weighted by Gasteiger charge is -2.00. The van der Waals surface area contributed by atoms with Crippen LogP contribution in [0.2, 0.25) is 0 Å². The molecule has 0 fully saturated rings. The number of hydrogen-bond acceptors (Lipinski definition) is 5. The minimum atomic E-state index is -0.00681. The summed E-state index contributed by atoms with van der Waals surface area (Å²) >= 11 is 1.19. The van der Waals surface area contributed by atoms with Crippen molar-refractivity contribution in [2.75, 3.05) is 11.1 Å². The number of nitrogens with two attached hydrogens (primary N) is 1. The summed E-state index contributed by atoms with van der Waals surface area (Å²) in [6, 6.07) is 0. The van der Waals surface area contributed by atoms with Crippen LogP contribution in [0.3, 0.4) is 0 Å². The van der Waals surface area contributed by atoms with Gasteiger partial charge >= 0.3 is 0 Å². The Morgan fingerprint density at radius 3 is 2.69 bits per heavy atom. The first-order valence-electron chi connectivity index (χ1n) is 5.61. The summed E-state index contributed by atoms with van der Waals surface area (Å²) in [6.07, 6.45) is 6.25. The fourth-order valence-corrected chi connectivity index (χ4v) is 1.88. The highest BCUT2D eigenvalue weighted by Gasteiger charge is 2.05. The van der Waals surface area contributed by atoms with Gasteiger partial charge in [-0.15, -0.1) is 10.2 Å². The standard InChI is InChI=1S/C10H18N4OS/c1-2-3-4-5-6-7-8(15)12-10-14-13-9(11)16-10/h2-7H2,1H3,(H2,11,13)(H,12,14,15). The van der Waals surface area contributed by atoms with E-state index in [-0.39, 0.29) is 5.91 Å². The minimum Gasteiger partial charge on any atom is -0.374 e. The summed E-state index contributed by atoms with van der Waals surface area (Å²) in [5, 5.41) is 10.9. The third-order valence-corrected chi connectivity index (χ3v) is 2.86. The molecule has 0 unspecified atom stereocenters. The second kappa shape index (κ2) is 7.16.